The molecule has 0 aliphatic carbocycles. The molecule has 0 saturated carbocycles. The molecule has 104 valence electrons. The van der Waals surface area contributed by atoms with Gasteiger partial charge in [0.15, 0.2) is 0 Å². The van der Waals surface area contributed by atoms with Crippen molar-refractivity contribution in [1.29, 1.82) is 0 Å². The van der Waals surface area contributed by atoms with Gasteiger partial charge in [-0.05, 0) is 6.07 Å². The minimum absolute atomic E-state index is 0.108. The Morgan fingerprint density at radius 2 is 2.32 bits per heavy atom. The van der Waals surface area contributed by atoms with Crippen LogP contribution in [0.3, 0.4) is 0 Å². The van der Waals surface area contributed by atoms with Crippen molar-refractivity contribution in [2.24, 2.45) is 0 Å². The summed E-state index contributed by atoms with van der Waals surface area (Å²) >= 11 is 5.66. The number of halogens is 2. The smallest absolute Gasteiger partial charge is 0.295 e. The maximum atomic E-state index is 13.3. The molecule has 1 aromatic carbocycles. The fourth-order valence-electron chi connectivity index (χ4n) is 2.05. The molecule has 1 unspecified atom stereocenters. The summed E-state index contributed by atoms with van der Waals surface area (Å²) in [5.74, 6) is -0.813. The Hall–Kier alpha value is -1.44. The molecule has 1 aliphatic heterocycles. The zero-order valence-corrected chi connectivity index (χ0v) is 10.9. The number of nitrogens with zero attached hydrogens (tertiary/aromatic N) is 1. The van der Waals surface area contributed by atoms with Gasteiger partial charge >= 0.3 is 0 Å². The first kappa shape index (κ1) is 14.0. The Bertz CT molecular complexity index is 500. The maximum absolute atomic E-state index is 13.3. The van der Waals surface area contributed by atoms with Crippen molar-refractivity contribution in [1.82, 2.24) is 5.32 Å². The molecule has 0 aromatic heterocycles. The topological polar surface area (TPSA) is 76.4 Å². The van der Waals surface area contributed by atoms with Crippen LogP contribution in [0.5, 0.6) is 0 Å². The van der Waals surface area contributed by atoms with E-state index in [2.05, 4.69) is 10.6 Å². The number of hydrogen-bond acceptors (Lipinski definition) is 5. The van der Waals surface area contributed by atoms with Crippen molar-refractivity contribution in [2.45, 2.75) is 12.1 Å². The summed E-state index contributed by atoms with van der Waals surface area (Å²) in [4.78, 5) is 10.3. The summed E-state index contributed by atoms with van der Waals surface area (Å²) in [7, 11) is 1.57. The normalized spacial score (nSPS) is 22.5. The largest absolute Gasteiger partial charge is 0.378 e. The van der Waals surface area contributed by atoms with Gasteiger partial charge in [-0.2, -0.15) is 0 Å². The van der Waals surface area contributed by atoms with Crippen LogP contribution < -0.4 is 10.6 Å². The van der Waals surface area contributed by atoms with Crippen LogP contribution in [-0.2, 0) is 4.74 Å². The van der Waals surface area contributed by atoms with Crippen LogP contribution in [0.2, 0.25) is 5.02 Å². The van der Waals surface area contributed by atoms with Crippen LogP contribution >= 0.6 is 11.6 Å². The number of nitro benzene ring substituents is 1. The van der Waals surface area contributed by atoms with E-state index in [1.807, 2.05) is 0 Å². The predicted molar refractivity (Wildman–Crippen MR) is 69.1 cm³/mol. The zero-order valence-electron chi connectivity index (χ0n) is 10.2. The van der Waals surface area contributed by atoms with E-state index in [0.29, 0.717) is 13.1 Å². The van der Waals surface area contributed by atoms with Gasteiger partial charge in [0.2, 0.25) is 0 Å². The van der Waals surface area contributed by atoms with E-state index in [-0.39, 0.29) is 28.5 Å². The van der Waals surface area contributed by atoms with Crippen LogP contribution in [0.4, 0.5) is 15.8 Å². The third-order valence-electron chi connectivity index (χ3n) is 3.04. The maximum Gasteiger partial charge on any atom is 0.295 e. The van der Waals surface area contributed by atoms with Crippen LogP contribution in [0.25, 0.3) is 0 Å². The molecule has 2 atom stereocenters. The standard InChI is InChI=1S/C11H13ClFN3O3/c1-19-11-5-14-4-9(11)15-8-2-6(12)7(13)3-10(8)16(17)18/h2-3,9,11,14-15H,4-5H2,1H3/t9?,11-/m0/s1. The van der Waals surface area contributed by atoms with E-state index >= 15 is 0 Å². The van der Waals surface area contributed by atoms with Gasteiger partial charge in [-0.15, -0.1) is 0 Å². The molecule has 1 heterocycles. The Kier molecular flexibility index (Phi) is 4.18. The molecule has 0 spiro atoms. The molecule has 6 nitrogen and oxygen atoms in total. The first-order valence-corrected chi connectivity index (χ1v) is 6.04. The number of anilines is 1. The Morgan fingerprint density at radius 3 is 2.95 bits per heavy atom. The molecular formula is C11H13ClFN3O3. The van der Waals surface area contributed by atoms with E-state index in [1.165, 1.54) is 6.07 Å². The van der Waals surface area contributed by atoms with Crippen LogP contribution in [-0.4, -0.2) is 37.3 Å². The van der Waals surface area contributed by atoms with Gasteiger partial charge in [-0.1, -0.05) is 11.6 Å². The fraction of sp³-hybridized carbons (Fsp3) is 0.455. The summed E-state index contributed by atoms with van der Waals surface area (Å²) in [6.45, 7) is 1.25. The molecule has 1 aliphatic rings. The summed E-state index contributed by atoms with van der Waals surface area (Å²) in [6, 6.07) is 1.90. The average Bonchev–Trinajstić information content (AvgIpc) is 2.80. The van der Waals surface area contributed by atoms with E-state index < -0.39 is 10.7 Å². The number of nitro groups is 1. The van der Waals surface area contributed by atoms with Gasteiger partial charge in [0.1, 0.15) is 11.5 Å². The minimum Gasteiger partial charge on any atom is -0.378 e. The Morgan fingerprint density at radius 1 is 1.58 bits per heavy atom. The van der Waals surface area contributed by atoms with E-state index in [1.54, 1.807) is 7.11 Å². The van der Waals surface area contributed by atoms with Gasteiger partial charge in [0.25, 0.3) is 5.69 Å². The third kappa shape index (κ3) is 2.94. The summed E-state index contributed by atoms with van der Waals surface area (Å²) in [5, 5.41) is 16.8. The minimum atomic E-state index is -0.813. The molecule has 0 amide bonds. The lowest BCUT2D eigenvalue weighted by atomic mass is 10.2. The predicted octanol–water partition coefficient (Wildman–Crippen LogP) is 1.79. The second kappa shape index (κ2) is 5.68. The average molecular weight is 290 g/mol. The molecule has 1 aromatic rings. The Balaban J connectivity index is 2.28. The number of methoxy groups -OCH3 is 1. The highest BCUT2D eigenvalue weighted by molar-refractivity contribution is 6.31. The molecular weight excluding hydrogens is 277 g/mol. The molecule has 1 saturated heterocycles. The van der Waals surface area contributed by atoms with E-state index in [4.69, 9.17) is 16.3 Å². The van der Waals surface area contributed by atoms with Crippen molar-refractivity contribution < 1.29 is 14.1 Å². The lowest BCUT2D eigenvalue weighted by Crippen LogP contribution is -2.33. The quantitative estimate of drug-likeness (QED) is 0.653. The summed E-state index contributed by atoms with van der Waals surface area (Å²) < 4.78 is 18.5. The molecule has 0 radical (unpaired) electrons. The lowest BCUT2D eigenvalue weighted by molar-refractivity contribution is -0.384. The molecule has 2 rings (SSSR count). The zero-order chi connectivity index (χ0) is 14.0. The SMILES string of the molecule is CO[C@H]1CNCC1Nc1cc(Cl)c(F)cc1[N+](=O)[O-]. The second-order valence-corrected chi connectivity index (χ2v) is 4.63. The van der Waals surface area contributed by atoms with Crippen molar-refractivity contribution in [2.75, 3.05) is 25.5 Å². The van der Waals surface area contributed by atoms with E-state index in [9.17, 15) is 14.5 Å². The fourth-order valence-corrected chi connectivity index (χ4v) is 2.21. The summed E-state index contributed by atoms with van der Waals surface area (Å²) in [5.41, 5.74) is -0.157. The number of hydrogen-bond donors (Lipinski definition) is 2. The number of nitrogens with one attached hydrogen (secondary N) is 2. The highest BCUT2D eigenvalue weighted by Crippen LogP contribution is 2.31. The van der Waals surface area contributed by atoms with Crippen LogP contribution in [0.15, 0.2) is 12.1 Å². The molecule has 8 heteroatoms. The van der Waals surface area contributed by atoms with Crippen molar-refractivity contribution >= 4 is 23.0 Å². The second-order valence-electron chi connectivity index (χ2n) is 4.22. The van der Waals surface area contributed by atoms with Crippen molar-refractivity contribution in [3.05, 3.63) is 33.1 Å². The third-order valence-corrected chi connectivity index (χ3v) is 3.33. The van der Waals surface area contributed by atoms with E-state index in [0.717, 1.165) is 6.07 Å². The first-order valence-electron chi connectivity index (χ1n) is 5.66. The highest BCUT2D eigenvalue weighted by Gasteiger charge is 2.29. The lowest BCUT2D eigenvalue weighted by Gasteiger charge is -2.19. The highest BCUT2D eigenvalue weighted by atomic mass is 35.5. The molecule has 19 heavy (non-hydrogen) atoms. The van der Waals surface area contributed by atoms with Gasteiger partial charge in [-0.25, -0.2) is 4.39 Å². The van der Waals surface area contributed by atoms with Gasteiger partial charge in [0.05, 0.1) is 28.2 Å². The van der Waals surface area contributed by atoms with Gasteiger partial charge < -0.3 is 15.4 Å². The summed E-state index contributed by atoms with van der Waals surface area (Å²) in [6.07, 6.45) is -0.108. The first-order chi connectivity index (χ1) is 9.02. The van der Waals surface area contributed by atoms with Crippen LogP contribution in [0, 0.1) is 15.9 Å². The van der Waals surface area contributed by atoms with Gasteiger partial charge in [-0.3, -0.25) is 10.1 Å². The number of rotatable bonds is 4. The Labute approximate surface area is 114 Å². The van der Waals surface area contributed by atoms with Crippen molar-refractivity contribution in [3.8, 4) is 0 Å². The monoisotopic (exact) mass is 289 g/mol. The van der Waals surface area contributed by atoms with Crippen molar-refractivity contribution in [3.63, 3.8) is 0 Å². The number of ether oxygens (including phenoxy) is 1. The molecule has 0 bridgehead atoms. The van der Waals surface area contributed by atoms with Gasteiger partial charge in [0, 0.05) is 20.2 Å². The molecule has 1 fully saturated rings. The van der Waals surface area contributed by atoms with Crippen LogP contribution in [0.1, 0.15) is 0 Å². The molecule has 2 N–H and O–H groups in total. The number of benzene rings is 1.